The molecule has 6 heteroatoms. The molecule has 0 radical (unpaired) electrons. The molecule has 6 heterocycles. The van der Waals surface area contributed by atoms with E-state index >= 15 is 0 Å². The fourth-order valence-corrected chi connectivity index (χ4v) is 12.1. The van der Waals surface area contributed by atoms with Gasteiger partial charge in [0.2, 0.25) is 5.88 Å². The molecule has 14 aromatic rings. The van der Waals surface area contributed by atoms with E-state index in [2.05, 4.69) is 227 Å². The molecule has 0 fully saturated rings. The van der Waals surface area contributed by atoms with Crippen LogP contribution in [0.4, 0.5) is 34.3 Å². The van der Waals surface area contributed by atoms with Crippen LogP contribution in [0.25, 0.3) is 93.3 Å². The fourth-order valence-electron chi connectivity index (χ4n) is 12.1. The van der Waals surface area contributed by atoms with Crippen molar-refractivity contribution in [2.45, 2.75) is 0 Å². The molecule has 0 atom stereocenters. The van der Waals surface area contributed by atoms with Crippen LogP contribution in [-0.4, -0.2) is 11.1 Å². The molecule has 0 aliphatic carbocycles. The molecule has 5 nitrogen and oxygen atoms in total. The van der Waals surface area contributed by atoms with Gasteiger partial charge in [0.05, 0.1) is 22.2 Å². The van der Waals surface area contributed by atoms with Crippen LogP contribution in [0.3, 0.4) is 0 Å². The van der Waals surface area contributed by atoms with Crippen molar-refractivity contribution in [1.82, 2.24) is 4.40 Å². The van der Waals surface area contributed by atoms with Crippen molar-refractivity contribution in [2.24, 2.45) is 0 Å². The summed E-state index contributed by atoms with van der Waals surface area (Å²) in [7, 11) is 0. The average Bonchev–Trinajstić information content (AvgIpc) is 4.16. The summed E-state index contributed by atoms with van der Waals surface area (Å²) in [6.07, 6.45) is 0. The molecule has 0 spiro atoms. The first-order valence-corrected chi connectivity index (χ1v) is 23.4. The summed E-state index contributed by atoms with van der Waals surface area (Å²) in [4.78, 5) is 4.94. The summed E-state index contributed by atoms with van der Waals surface area (Å²) >= 11 is 0. The number of aromatic nitrogens is 1. The van der Waals surface area contributed by atoms with E-state index < -0.39 is 0 Å². The fraction of sp³-hybridized carbons (Fsp3) is 0. The minimum absolute atomic E-state index is 0.205. The highest BCUT2D eigenvalue weighted by Crippen LogP contribution is 2.52. The smallest absolute Gasteiger partial charge is 0.257 e. The third-order valence-corrected chi connectivity index (χ3v) is 14.9. The van der Waals surface area contributed by atoms with Crippen LogP contribution < -0.4 is 26.2 Å². The lowest BCUT2D eigenvalue weighted by Gasteiger charge is -2.43. The summed E-state index contributed by atoms with van der Waals surface area (Å²) in [6.45, 7) is -0.205. The Labute approximate surface area is 390 Å². The summed E-state index contributed by atoms with van der Waals surface area (Å²) in [6, 6.07) is 79.3. The summed E-state index contributed by atoms with van der Waals surface area (Å²) in [5.41, 5.74) is 19.8. The lowest BCUT2D eigenvalue weighted by molar-refractivity contribution is 0.623. The van der Waals surface area contributed by atoms with Gasteiger partial charge in [0.15, 0.2) is 0 Å². The van der Waals surface area contributed by atoms with Gasteiger partial charge in [-0.15, -0.1) is 0 Å². The quantitative estimate of drug-likeness (QED) is 0.165. The lowest BCUT2D eigenvalue weighted by atomic mass is 9.33. The molecule has 2 aliphatic heterocycles. The zero-order valence-corrected chi connectivity index (χ0v) is 36.5. The Balaban J connectivity index is 1.12. The normalized spacial score (nSPS) is 13.2. The van der Waals surface area contributed by atoms with Crippen LogP contribution in [0.5, 0.6) is 0 Å². The van der Waals surface area contributed by atoms with Gasteiger partial charge in [-0.1, -0.05) is 152 Å². The van der Waals surface area contributed by atoms with Gasteiger partial charge < -0.3 is 18.1 Å². The molecule has 0 saturated heterocycles. The van der Waals surface area contributed by atoms with Crippen LogP contribution >= 0.6 is 0 Å². The van der Waals surface area contributed by atoms with Crippen molar-refractivity contribution in [3.05, 3.63) is 218 Å². The maximum atomic E-state index is 7.34. The minimum atomic E-state index is -0.205. The maximum Gasteiger partial charge on any atom is 0.257 e. The molecule has 0 unspecified atom stereocenters. The standard InChI is InChI=1S/C62H36BN3O2/c1-4-17-37(18-5-1)38-31-32-55-48(33-38)57-62(68-55)65(41-21-8-3-9-22-41)53-35-39(42-26-16-27-45-44-24-12-15-30-54(44)67-61(42)45)34-52-58(53)63(57)49-36-47-43-23-10-13-28-50(43)66-51-29-14-11-25-46(51)56(59(47)66)60(49)64(52)40-19-6-2-7-20-40/h1-36H. The number of hydrogen-bond acceptors (Lipinski definition) is 4. The molecule has 0 saturated carbocycles. The number of nitrogens with zero attached hydrogens (tertiary/aromatic N) is 3. The number of rotatable bonds is 4. The summed E-state index contributed by atoms with van der Waals surface area (Å²) in [5, 5.41) is 8.29. The van der Waals surface area contributed by atoms with Crippen LogP contribution in [0.2, 0.25) is 0 Å². The third kappa shape index (κ3) is 4.70. The lowest BCUT2D eigenvalue weighted by Crippen LogP contribution is -2.61. The number of fused-ring (bicyclic) bond motifs is 16. The highest BCUT2D eigenvalue weighted by Gasteiger charge is 2.48. The van der Waals surface area contributed by atoms with E-state index in [1.807, 2.05) is 6.07 Å². The van der Waals surface area contributed by atoms with Crippen LogP contribution in [0, 0.1) is 0 Å². The van der Waals surface area contributed by atoms with E-state index in [0.29, 0.717) is 0 Å². The first-order chi connectivity index (χ1) is 33.8. The van der Waals surface area contributed by atoms with E-state index in [9.17, 15) is 0 Å². The number of furan rings is 2. The van der Waals surface area contributed by atoms with Gasteiger partial charge in [-0.2, -0.15) is 0 Å². The van der Waals surface area contributed by atoms with Gasteiger partial charge in [-0.3, -0.25) is 4.90 Å². The highest BCUT2D eigenvalue weighted by molar-refractivity contribution is 7.02. The molecular formula is C62H36BN3O2. The molecule has 2 aliphatic rings. The Morgan fingerprint density at radius 1 is 0.382 bits per heavy atom. The second-order valence-corrected chi connectivity index (χ2v) is 18.3. The van der Waals surface area contributed by atoms with Gasteiger partial charge in [0, 0.05) is 71.5 Å². The first-order valence-electron chi connectivity index (χ1n) is 23.4. The largest absolute Gasteiger partial charge is 0.455 e. The van der Waals surface area contributed by atoms with E-state index in [4.69, 9.17) is 8.83 Å². The van der Waals surface area contributed by atoms with Crippen LogP contribution in [0.15, 0.2) is 227 Å². The molecule has 4 aromatic heterocycles. The van der Waals surface area contributed by atoms with Gasteiger partial charge in [-0.05, 0) is 94.3 Å². The zero-order chi connectivity index (χ0) is 44.2. The molecule has 0 bridgehead atoms. The second kappa shape index (κ2) is 13.3. The molecule has 314 valence electrons. The Hall–Kier alpha value is -9.00. The SMILES string of the molecule is c1ccc(-c2ccc3oc4c(c3c2)B2c3cc5c6ccccc6n6c7ccccc7c(c3N(c3ccccc3)c3cc(-c7cccc8c7oc7ccccc78)cc(c32)N4c2ccccc2)c56)cc1. The van der Waals surface area contributed by atoms with Gasteiger partial charge >= 0.3 is 0 Å². The number of para-hydroxylation sites is 6. The van der Waals surface area contributed by atoms with Gasteiger partial charge in [0.25, 0.3) is 6.71 Å². The van der Waals surface area contributed by atoms with Crippen LogP contribution in [-0.2, 0) is 0 Å². The van der Waals surface area contributed by atoms with Crippen molar-refractivity contribution in [2.75, 3.05) is 9.80 Å². The zero-order valence-electron chi connectivity index (χ0n) is 36.5. The van der Waals surface area contributed by atoms with Gasteiger partial charge in [-0.25, -0.2) is 0 Å². The molecule has 10 aromatic carbocycles. The predicted octanol–water partition coefficient (Wildman–Crippen LogP) is 14.9. The van der Waals surface area contributed by atoms with Crippen molar-refractivity contribution in [3.63, 3.8) is 0 Å². The van der Waals surface area contributed by atoms with Crippen molar-refractivity contribution < 1.29 is 8.83 Å². The Bertz CT molecular complexity index is 4400. The Kier molecular flexibility index (Phi) is 7.09. The first kappa shape index (κ1) is 36.2. The average molecular weight is 866 g/mol. The maximum absolute atomic E-state index is 7.34. The number of benzene rings is 10. The molecule has 68 heavy (non-hydrogen) atoms. The van der Waals surface area contributed by atoms with Crippen molar-refractivity contribution >= 4 is 128 Å². The second-order valence-electron chi connectivity index (χ2n) is 18.3. The topological polar surface area (TPSA) is 37.2 Å². The highest BCUT2D eigenvalue weighted by atomic mass is 16.4. The van der Waals surface area contributed by atoms with E-state index in [1.54, 1.807) is 0 Å². The minimum Gasteiger partial charge on any atom is -0.455 e. The Morgan fingerprint density at radius 2 is 1.00 bits per heavy atom. The molecule has 0 N–H and O–H groups in total. The summed E-state index contributed by atoms with van der Waals surface area (Å²) < 4.78 is 16.7. The van der Waals surface area contributed by atoms with Crippen molar-refractivity contribution in [3.8, 4) is 22.3 Å². The van der Waals surface area contributed by atoms with E-state index in [-0.39, 0.29) is 6.71 Å². The Morgan fingerprint density at radius 3 is 1.78 bits per heavy atom. The van der Waals surface area contributed by atoms with Gasteiger partial charge in [0.1, 0.15) is 16.7 Å². The third-order valence-electron chi connectivity index (χ3n) is 14.9. The number of hydrogen-bond donors (Lipinski definition) is 0. The molecular weight excluding hydrogens is 830 g/mol. The van der Waals surface area contributed by atoms with Crippen LogP contribution in [0.1, 0.15) is 0 Å². The van der Waals surface area contributed by atoms with Crippen molar-refractivity contribution in [1.29, 1.82) is 0 Å². The molecule has 0 amide bonds. The van der Waals surface area contributed by atoms with E-state index in [0.717, 1.165) is 83.7 Å². The predicted molar refractivity (Wildman–Crippen MR) is 283 cm³/mol. The number of anilines is 6. The summed E-state index contributed by atoms with van der Waals surface area (Å²) in [5.74, 6) is 0.831. The van der Waals surface area contributed by atoms with E-state index in [1.165, 1.54) is 60.3 Å². The molecule has 16 rings (SSSR count). The monoisotopic (exact) mass is 865 g/mol.